The Balaban J connectivity index is 1.62. The van der Waals surface area contributed by atoms with Crippen molar-refractivity contribution in [3.63, 3.8) is 0 Å². The molecule has 0 unspecified atom stereocenters. The summed E-state index contributed by atoms with van der Waals surface area (Å²) in [6, 6.07) is 12.4. The first-order chi connectivity index (χ1) is 16.1. The molecule has 2 atom stereocenters. The summed E-state index contributed by atoms with van der Waals surface area (Å²) < 4.78 is 21.3. The van der Waals surface area contributed by atoms with Crippen molar-refractivity contribution in [1.29, 1.82) is 0 Å². The second-order valence-electron chi connectivity index (χ2n) is 8.47. The third-order valence-electron chi connectivity index (χ3n) is 6.73. The van der Waals surface area contributed by atoms with Gasteiger partial charge in [-0.05, 0) is 23.3 Å². The van der Waals surface area contributed by atoms with Crippen molar-refractivity contribution in [1.82, 2.24) is 14.9 Å². The van der Waals surface area contributed by atoms with Gasteiger partial charge in [-0.1, -0.05) is 30.3 Å². The monoisotopic (exact) mass is 467 g/mol. The van der Waals surface area contributed by atoms with Gasteiger partial charge in [0.15, 0.2) is 11.5 Å². The minimum atomic E-state index is -0.564. The van der Waals surface area contributed by atoms with Gasteiger partial charge in [-0.3, -0.25) is 14.6 Å². The van der Waals surface area contributed by atoms with Crippen LogP contribution in [0.25, 0.3) is 0 Å². The second kappa shape index (κ2) is 7.86. The van der Waals surface area contributed by atoms with Crippen molar-refractivity contribution in [2.45, 2.75) is 29.3 Å². The van der Waals surface area contributed by atoms with Gasteiger partial charge in [0.25, 0.3) is 5.91 Å². The molecule has 0 spiro atoms. The lowest BCUT2D eigenvalue weighted by Gasteiger charge is -2.56. The molecule has 170 valence electrons. The Hall–Kier alpha value is -2.88. The van der Waals surface area contributed by atoms with E-state index in [1.54, 1.807) is 27.7 Å². The Labute approximate surface area is 194 Å². The van der Waals surface area contributed by atoms with Crippen molar-refractivity contribution in [2.24, 2.45) is 0 Å². The lowest BCUT2D eigenvalue weighted by atomic mass is 9.92. The van der Waals surface area contributed by atoms with E-state index in [1.165, 1.54) is 6.07 Å². The van der Waals surface area contributed by atoms with Crippen molar-refractivity contribution in [2.75, 3.05) is 26.3 Å². The lowest BCUT2D eigenvalue weighted by molar-refractivity contribution is -0.202. The topological polar surface area (TPSA) is 73.3 Å². The molecule has 1 N–H and O–H groups in total. The fourth-order valence-electron chi connectivity index (χ4n) is 5.23. The van der Waals surface area contributed by atoms with Gasteiger partial charge in [0.05, 0.1) is 19.3 Å². The predicted molar refractivity (Wildman–Crippen MR) is 118 cm³/mol. The summed E-state index contributed by atoms with van der Waals surface area (Å²) in [5.74, 6) is -1.08. The van der Waals surface area contributed by atoms with Gasteiger partial charge >= 0.3 is 0 Å². The Morgan fingerprint density at radius 2 is 1.94 bits per heavy atom. The maximum absolute atomic E-state index is 15.5. The molecule has 7 nitrogen and oxygen atoms in total. The minimum Gasteiger partial charge on any atom is -0.503 e. The van der Waals surface area contributed by atoms with Crippen LogP contribution in [0.1, 0.15) is 29.2 Å². The van der Waals surface area contributed by atoms with Crippen LogP contribution in [0.3, 0.4) is 0 Å². The predicted octanol–water partition coefficient (Wildman–Crippen LogP) is 2.98. The Kier molecular flexibility index (Phi) is 4.93. The number of aliphatic hydroxyl groups is 1. The highest BCUT2D eigenvalue weighted by Gasteiger charge is 2.51. The second-order valence-corrected chi connectivity index (χ2v) is 9.49. The van der Waals surface area contributed by atoms with Gasteiger partial charge in [0, 0.05) is 35.7 Å². The van der Waals surface area contributed by atoms with Crippen molar-refractivity contribution in [3.8, 4) is 0 Å². The van der Waals surface area contributed by atoms with Crippen LogP contribution in [0.15, 0.2) is 58.8 Å². The summed E-state index contributed by atoms with van der Waals surface area (Å²) >= 11 is 1.65. The zero-order valence-electron chi connectivity index (χ0n) is 17.7. The van der Waals surface area contributed by atoms with Crippen LogP contribution < -0.4 is 0 Å². The van der Waals surface area contributed by atoms with E-state index in [9.17, 15) is 14.7 Å². The molecule has 6 rings (SSSR count). The summed E-state index contributed by atoms with van der Waals surface area (Å²) in [6.07, 6.45) is -0.426. The first-order valence-corrected chi connectivity index (χ1v) is 11.9. The number of carbonyl (C=O) groups is 2. The maximum atomic E-state index is 15.5. The van der Waals surface area contributed by atoms with Crippen LogP contribution in [0, 0.1) is 5.82 Å². The number of carbonyl (C=O) groups excluding carboxylic acids is 2. The quantitative estimate of drug-likeness (QED) is 0.691. The largest absolute Gasteiger partial charge is 0.503 e. The molecule has 0 aliphatic carbocycles. The van der Waals surface area contributed by atoms with Gasteiger partial charge in [-0.2, -0.15) is 5.01 Å². The number of amides is 1. The molecule has 2 fully saturated rings. The number of benzene rings is 2. The smallest absolute Gasteiger partial charge is 0.277 e. The number of halogens is 1. The number of rotatable bonds is 1. The average Bonchev–Trinajstić information content (AvgIpc) is 3.00. The Morgan fingerprint density at radius 3 is 2.82 bits per heavy atom. The molecule has 4 aliphatic heterocycles. The minimum absolute atomic E-state index is 0.0309. The summed E-state index contributed by atoms with van der Waals surface area (Å²) in [5.41, 5.74) is 2.31. The molecule has 0 aromatic heterocycles. The molecule has 4 aliphatic rings. The highest BCUT2D eigenvalue weighted by molar-refractivity contribution is 7.98. The number of ketones is 1. The molecule has 2 aromatic rings. The Morgan fingerprint density at radius 1 is 1.09 bits per heavy atom. The fourth-order valence-corrected chi connectivity index (χ4v) is 6.31. The van der Waals surface area contributed by atoms with Crippen LogP contribution in [-0.4, -0.2) is 64.2 Å². The molecule has 1 amide bonds. The number of hydrazine groups is 1. The third kappa shape index (κ3) is 3.10. The van der Waals surface area contributed by atoms with Crippen LogP contribution in [0.2, 0.25) is 0 Å². The first kappa shape index (κ1) is 20.7. The number of morpholine rings is 1. The maximum Gasteiger partial charge on any atom is 0.277 e. The van der Waals surface area contributed by atoms with E-state index in [-0.39, 0.29) is 31.1 Å². The highest BCUT2D eigenvalue weighted by atomic mass is 32.2. The Bertz CT molecular complexity index is 1200. The molecule has 2 aromatic carbocycles. The molecular formula is C24H22FN3O4S. The normalized spacial score (nSPS) is 25.2. The van der Waals surface area contributed by atoms with E-state index in [0.29, 0.717) is 24.5 Å². The molecule has 9 heteroatoms. The van der Waals surface area contributed by atoms with Gasteiger partial charge in [0.1, 0.15) is 12.0 Å². The number of ether oxygens (including phenoxy) is 1. The van der Waals surface area contributed by atoms with Crippen molar-refractivity contribution >= 4 is 23.5 Å². The standard InChI is InChI=1S/C24H22FN3O4S/c25-16-6-3-4-14-13-33-18-7-2-1-5-15(18)21(20(14)16)28-19-12-32-11-10-26(19)24(31)22-23(30)17(29)8-9-27(22)28/h1-7,19,21,30H,8-13H2/t19-,21-/m1/s1. The number of aliphatic hydroxyl groups excluding tert-OH is 1. The average molecular weight is 468 g/mol. The van der Waals surface area contributed by atoms with E-state index in [0.717, 1.165) is 16.0 Å². The number of allylic oxidation sites excluding steroid dienone is 1. The molecule has 0 bridgehead atoms. The van der Waals surface area contributed by atoms with Crippen molar-refractivity contribution < 1.29 is 23.8 Å². The molecule has 33 heavy (non-hydrogen) atoms. The van der Waals surface area contributed by atoms with Gasteiger partial charge in [0.2, 0.25) is 5.78 Å². The van der Waals surface area contributed by atoms with Crippen LogP contribution in [0.5, 0.6) is 0 Å². The SMILES string of the molecule is O=C1CCN2C(=C1O)C(=O)N1CCOC[C@H]1N2[C@@H]1c2ccccc2SCc2cccc(F)c21. The van der Waals surface area contributed by atoms with E-state index in [1.807, 2.05) is 35.3 Å². The van der Waals surface area contributed by atoms with Gasteiger partial charge in [-0.15, -0.1) is 11.8 Å². The number of thioether (sulfide) groups is 1. The lowest BCUT2D eigenvalue weighted by Crippen LogP contribution is -2.69. The zero-order valence-corrected chi connectivity index (χ0v) is 18.6. The van der Waals surface area contributed by atoms with E-state index in [2.05, 4.69) is 0 Å². The van der Waals surface area contributed by atoms with Gasteiger partial charge < -0.3 is 14.7 Å². The third-order valence-corrected chi connectivity index (χ3v) is 7.86. The molecule has 0 radical (unpaired) electrons. The fraction of sp³-hybridized carbons (Fsp3) is 0.333. The molecular weight excluding hydrogens is 445 g/mol. The number of nitrogens with zero attached hydrogens (tertiary/aromatic N) is 3. The number of hydrogen-bond donors (Lipinski definition) is 1. The van der Waals surface area contributed by atoms with E-state index in [4.69, 9.17) is 4.74 Å². The highest BCUT2D eigenvalue weighted by Crippen LogP contribution is 2.47. The molecule has 4 heterocycles. The molecule has 2 saturated heterocycles. The first-order valence-electron chi connectivity index (χ1n) is 11.0. The number of fused-ring (bicyclic) bond motifs is 4. The summed E-state index contributed by atoms with van der Waals surface area (Å²) in [7, 11) is 0. The number of Topliss-reactive ketones (excluding diaryl/α,β-unsaturated/α-hetero) is 1. The van der Waals surface area contributed by atoms with Crippen LogP contribution in [-0.2, 0) is 20.1 Å². The molecule has 0 saturated carbocycles. The van der Waals surface area contributed by atoms with E-state index >= 15 is 4.39 Å². The summed E-state index contributed by atoms with van der Waals surface area (Å²) in [6.45, 7) is 1.16. The summed E-state index contributed by atoms with van der Waals surface area (Å²) in [4.78, 5) is 28.3. The van der Waals surface area contributed by atoms with Crippen LogP contribution >= 0.6 is 11.8 Å². The van der Waals surface area contributed by atoms with Gasteiger partial charge in [-0.25, -0.2) is 4.39 Å². The zero-order chi connectivity index (χ0) is 22.7. The summed E-state index contributed by atoms with van der Waals surface area (Å²) in [5, 5.41) is 14.3. The van der Waals surface area contributed by atoms with E-state index < -0.39 is 29.7 Å². The van der Waals surface area contributed by atoms with Crippen molar-refractivity contribution in [3.05, 3.63) is 76.4 Å². The number of hydrogen-bond acceptors (Lipinski definition) is 7. The van der Waals surface area contributed by atoms with Crippen LogP contribution in [0.4, 0.5) is 4.39 Å².